The van der Waals surface area contributed by atoms with E-state index in [4.69, 9.17) is 5.73 Å². The van der Waals surface area contributed by atoms with Crippen LogP contribution < -0.4 is 11.1 Å². The lowest BCUT2D eigenvalue weighted by atomic mass is 9.89. The quantitative estimate of drug-likeness (QED) is 0.692. The van der Waals surface area contributed by atoms with Gasteiger partial charge in [-0.1, -0.05) is 37.5 Å². The Labute approximate surface area is 169 Å². The van der Waals surface area contributed by atoms with Crippen LogP contribution in [0.4, 0.5) is 5.69 Å². The third-order valence-corrected chi connectivity index (χ3v) is 5.72. The van der Waals surface area contributed by atoms with Crippen LogP contribution in [0.2, 0.25) is 0 Å². The van der Waals surface area contributed by atoms with Crippen LogP contribution in [-0.4, -0.2) is 26.6 Å². The van der Waals surface area contributed by atoms with Crippen molar-refractivity contribution in [2.24, 2.45) is 11.7 Å². The van der Waals surface area contributed by atoms with Crippen molar-refractivity contribution in [1.82, 2.24) is 14.8 Å². The van der Waals surface area contributed by atoms with E-state index < -0.39 is 11.8 Å². The van der Waals surface area contributed by atoms with Gasteiger partial charge in [0.1, 0.15) is 5.69 Å². The number of carbonyl (C=O) groups excluding carboxylic acids is 2. The molecule has 0 unspecified atom stereocenters. The van der Waals surface area contributed by atoms with Crippen LogP contribution in [0.1, 0.15) is 58.6 Å². The SMILES string of the molecule is Cc1c(NC(=O)c2cc(C(N)=O)c3ccccc3n2)cnn1CC1CCCCC1. The van der Waals surface area contributed by atoms with Crippen LogP contribution in [-0.2, 0) is 6.54 Å². The van der Waals surface area contributed by atoms with Gasteiger partial charge in [0.25, 0.3) is 5.91 Å². The van der Waals surface area contributed by atoms with E-state index in [9.17, 15) is 9.59 Å². The number of pyridine rings is 1. The molecule has 1 aromatic carbocycles. The molecule has 0 aliphatic heterocycles. The summed E-state index contributed by atoms with van der Waals surface area (Å²) in [5.74, 6) is -0.334. The predicted octanol–water partition coefficient (Wildman–Crippen LogP) is 3.67. The molecule has 1 fully saturated rings. The standard InChI is InChI=1S/C22H25N5O2/c1-14-20(12-24-27(14)13-15-7-3-2-4-8-15)26-22(29)19-11-17(21(23)28)16-9-5-6-10-18(16)25-19/h5-6,9-12,15H,2-4,7-8,13H2,1H3,(H2,23,28)(H,26,29). The van der Waals surface area contributed by atoms with E-state index in [-0.39, 0.29) is 11.3 Å². The minimum atomic E-state index is -0.589. The van der Waals surface area contributed by atoms with Gasteiger partial charge in [0.2, 0.25) is 5.91 Å². The van der Waals surface area contributed by atoms with Gasteiger partial charge < -0.3 is 11.1 Å². The molecule has 3 aromatic rings. The average Bonchev–Trinajstić information content (AvgIpc) is 3.07. The fourth-order valence-corrected chi connectivity index (χ4v) is 4.05. The second-order valence-corrected chi connectivity index (χ2v) is 7.72. The van der Waals surface area contributed by atoms with Crippen molar-refractivity contribution in [2.75, 3.05) is 5.32 Å². The molecule has 4 rings (SSSR count). The summed E-state index contributed by atoms with van der Waals surface area (Å²) in [6, 6.07) is 8.58. The Kier molecular flexibility index (Phi) is 5.29. The monoisotopic (exact) mass is 391 g/mol. The number of amides is 2. The van der Waals surface area contributed by atoms with Crippen LogP contribution in [0.25, 0.3) is 10.9 Å². The number of primary amides is 1. The number of carbonyl (C=O) groups is 2. The second kappa shape index (κ2) is 8.03. The topological polar surface area (TPSA) is 103 Å². The van der Waals surface area contributed by atoms with Gasteiger partial charge in [0.15, 0.2) is 0 Å². The highest BCUT2D eigenvalue weighted by Gasteiger charge is 2.19. The fraction of sp³-hybridized carbons (Fsp3) is 0.364. The van der Waals surface area contributed by atoms with Crippen molar-refractivity contribution in [3.63, 3.8) is 0 Å². The van der Waals surface area contributed by atoms with Gasteiger partial charge in [-0.2, -0.15) is 5.10 Å². The zero-order valence-electron chi connectivity index (χ0n) is 16.5. The fourth-order valence-electron chi connectivity index (χ4n) is 4.05. The number of nitrogens with one attached hydrogen (secondary N) is 1. The van der Waals surface area contributed by atoms with Crippen molar-refractivity contribution in [3.8, 4) is 0 Å². The Bertz CT molecular complexity index is 1070. The first-order valence-electron chi connectivity index (χ1n) is 10.1. The maximum atomic E-state index is 12.8. The summed E-state index contributed by atoms with van der Waals surface area (Å²) in [7, 11) is 0. The van der Waals surface area contributed by atoms with Gasteiger partial charge in [0, 0.05) is 11.9 Å². The Morgan fingerprint density at radius 2 is 1.97 bits per heavy atom. The first-order chi connectivity index (χ1) is 14.0. The van der Waals surface area contributed by atoms with Crippen molar-refractivity contribution in [3.05, 3.63) is 53.5 Å². The zero-order valence-corrected chi connectivity index (χ0v) is 16.5. The largest absolute Gasteiger partial charge is 0.366 e. The van der Waals surface area contributed by atoms with Crippen LogP contribution in [0, 0.1) is 12.8 Å². The minimum Gasteiger partial charge on any atom is -0.366 e. The summed E-state index contributed by atoms with van der Waals surface area (Å²) in [6.07, 6.45) is 8.03. The van der Waals surface area contributed by atoms with Gasteiger partial charge in [-0.15, -0.1) is 0 Å². The van der Waals surface area contributed by atoms with Crippen molar-refractivity contribution in [2.45, 2.75) is 45.6 Å². The maximum Gasteiger partial charge on any atom is 0.274 e. The van der Waals surface area contributed by atoms with E-state index in [2.05, 4.69) is 15.4 Å². The lowest BCUT2D eigenvalue weighted by Gasteiger charge is -2.22. The molecule has 1 aliphatic rings. The average molecular weight is 391 g/mol. The smallest absolute Gasteiger partial charge is 0.274 e. The summed E-state index contributed by atoms with van der Waals surface area (Å²) in [5, 5.41) is 7.97. The lowest BCUT2D eigenvalue weighted by molar-refractivity contribution is 0.100. The molecule has 1 aliphatic carbocycles. The first kappa shape index (κ1) is 19.1. The number of nitrogens with zero attached hydrogens (tertiary/aromatic N) is 3. The normalized spacial score (nSPS) is 14.8. The van der Waals surface area contributed by atoms with Crippen molar-refractivity contribution in [1.29, 1.82) is 0 Å². The molecule has 1 saturated carbocycles. The van der Waals surface area contributed by atoms with E-state index in [1.54, 1.807) is 30.5 Å². The van der Waals surface area contributed by atoms with Crippen molar-refractivity contribution < 1.29 is 9.59 Å². The van der Waals surface area contributed by atoms with Gasteiger partial charge in [0.05, 0.1) is 28.7 Å². The Morgan fingerprint density at radius 3 is 2.72 bits per heavy atom. The van der Waals surface area contributed by atoms with Crippen LogP contribution in [0.5, 0.6) is 0 Å². The van der Waals surface area contributed by atoms with Crippen LogP contribution in [0.3, 0.4) is 0 Å². The molecular formula is C22H25N5O2. The third-order valence-electron chi connectivity index (χ3n) is 5.72. The van der Waals surface area contributed by atoms with Crippen LogP contribution >= 0.6 is 0 Å². The number of hydrogen-bond acceptors (Lipinski definition) is 4. The van der Waals surface area contributed by atoms with Crippen molar-refractivity contribution >= 4 is 28.4 Å². The molecule has 2 aromatic heterocycles. The second-order valence-electron chi connectivity index (χ2n) is 7.72. The van der Waals surface area contributed by atoms with Gasteiger partial charge in [-0.05, 0) is 37.8 Å². The van der Waals surface area contributed by atoms with E-state index in [0.29, 0.717) is 22.5 Å². The van der Waals surface area contributed by atoms with E-state index in [0.717, 1.165) is 12.2 Å². The van der Waals surface area contributed by atoms with Crippen LogP contribution in [0.15, 0.2) is 36.5 Å². The Hall–Kier alpha value is -3.22. The summed E-state index contributed by atoms with van der Waals surface area (Å²) in [5.41, 5.74) is 8.06. The Balaban J connectivity index is 1.56. The highest BCUT2D eigenvalue weighted by Crippen LogP contribution is 2.26. The number of fused-ring (bicyclic) bond motifs is 1. The predicted molar refractivity (Wildman–Crippen MR) is 112 cm³/mol. The molecular weight excluding hydrogens is 366 g/mol. The zero-order chi connectivity index (χ0) is 20.4. The number of benzene rings is 1. The molecule has 0 spiro atoms. The third kappa shape index (κ3) is 3.99. The Morgan fingerprint density at radius 1 is 1.21 bits per heavy atom. The summed E-state index contributed by atoms with van der Waals surface area (Å²) < 4.78 is 1.97. The number of aromatic nitrogens is 3. The first-order valence-corrected chi connectivity index (χ1v) is 10.1. The molecule has 7 nitrogen and oxygen atoms in total. The molecule has 150 valence electrons. The van der Waals surface area contributed by atoms with E-state index >= 15 is 0 Å². The molecule has 0 saturated heterocycles. The number of hydrogen-bond donors (Lipinski definition) is 2. The lowest BCUT2D eigenvalue weighted by Crippen LogP contribution is -2.18. The molecule has 2 amide bonds. The molecule has 2 heterocycles. The minimum absolute atomic E-state index is 0.150. The van der Waals surface area contributed by atoms with Gasteiger partial charge in [-0.3, -0.25) is 14.3 Å². The highest BCUT2D eigenvalue weighted by molar-refractivity contribution is 6.10. The number of anilines is 1. The summed E-state index contributed by atoms with van der Waals surface area (Å²) >= 11 is 0. The molecule has 7 heteroatoms. The maximum absolute atomic E-state index is 12.8. The molecule has 0 bridgehead atoms. The van der Waals surface area contributed by atoms with Gasteiger partial charge in [-0.25, -0.2) is 4.98 Å². The molecule has 29 heavy (non-hydrogen) atoms. The summed E-state index contributed by atoms with van der Waals surface area (Å²) in [4.78, 5) is 29.1. The van der Waals surface area contributed by atoms with E-state index in [1.165, 1.54) is 38.2 Å². The van der Waals surface area contributed by atoms with E-state index in [1.807, 2.05) is 11.6 Å². The number of nitrogens with two attached hydrogens (primary N) is 1. The summed E-state index contributed by atoms with van der Waals surface area (Å²) in [6.45, 7) is 2.83. The van der Waals surface area contributed by atoms with Gasteiger partial charge >= 0.3 is 0 Å². The molecule has 0 radical (unpaired) electrons. The number of para-hydroxylation sites is 1. The highest BCUT2D eigenvalue weighted by atomic mass is 16.2. The molecule has 0 atom stereocenters. The number of rotatable bonds is 5. The molecule has 3 N–H and O–H groups in total.